The highest BCUT2D eigenvalue weighted by Gasteiger charge is 1.93. The fourth-order valence-electron chi connectivity index (χ4n) is 0.577. The van der Waals surface area contributed by atoms with Crippen molar-refractivity contribution in [2.24, 2.45) is 0 Å². The van der Waals surface area contributed by atoms with Crippen LogP contribution in [0.4, 0.5) is 0 Å². The molecule has 0 fully saturated rings. The van der Waals surface area contributed by atoms with Crippen molar-refractivity contribution in [1.82, 2.24) is 0 Å². The fraction of sp³-hybridized carbons (Fsp3) is 0.778. The number of aliphatic hydroxyl groups is 2. The van der Waals surface area contributed by atoms with Gasteiger partial charge in [-0.05, 0) is 19.8 Å². The third kappa shape index (κ3) is 26.1. The Balaban J connectivity index is 0. The van der Waals surface area contributed by atoms with E-state index in [-0.39, 0.29) is 0 Å². The quantitative estimate of drug-likeness (QED) is 0.375. The lowest BCUT2D eigenvalue weighted by Crippen LogP contribution is -2.02. The second-order valence-corrected chi connectivity index (χ2v) is 2.38. The first kappa shape index (κ1) is 13.3. The van der Waals surface area contributed by atoms with Gasteiger partial charge in [0.1, 0.15) is 0 Å². The summed E-state index contributed by atoms with van der Waals surface area (Å²) >= 11 is 0. The van der Waals surface area contributed by atoms with E-state index < -0.39 is 6.29 Å². The average Bonchev–Trinajstić information content (AvgIpc) is 1.89. The summed E-state index contributed by atoms with van der Waals surface area (Å²) in [5.41, 5.74) is 0. The molecular weight excluding hydrogens is 140 g/mol. The molecule has 0 aliphatic heterocycles. The van der Waals surface area contributed by atoms with E-state index in [0.29, 0.717) is 6.42 Å². The molecule has 0 bridgehead atoms. The number of hydrogen-bond donors (Lipinski definition) is 2. The zero-order valence-electron chi connectivity index (χ0n) is 7.58. The maximum atomic E-state index is 8.33. The SMILES string of the molecule is C=CC.CCCCCC(O)O. The molecule has 2 heteroatoms. The molecule has 2 nitrogen and oxygen atoms in total. The van der Waals surface area contributed by atoms with E-state index in [4.69, 9.17) is 10.2 Å². The molecule has 0 spiro atoms. The van der Waals surface area contributed by atoms with Crippen LogP contribution in [0.5, 0.6) is 0 Å². The molecule has 11 heavy (non-hydrogen) atoms. The van der Waals surface area contributed by atoms with Gasteiger partial charge in [-0.1, -0.05) is 25.8 Å². The van der Waals surface area contributed by atoms with Crippen LogP contribution < -0.4 is 0 Å². The van der Waals surface area contributed by atoms with Gasteiger partial charge in [0.25, 0.3) is 0 Å². The zero-order chi connectivity index (χ0) is 9.11. The van der Waals surface area contributed by atoms with Crippen molar-refractivity contribution in [1.29, 1.82) is 0 Å². The summed E-state index contributed by atoms with van der Waals surface area (Å²) in [7, 11) is 0. The lowest BCUT2D eigenvalue weighted by Gasteiger charge is -1.99. The Morgan fingerprint density at radius 2 is 1.82 bits per heavy atom. The number of hydrogen-bond acceptors (Lipinski definition) is 2. The van der Waals surface area contributed by atoms with Gasteiger partial charge in [-0.15, -0.1) is 6.58 Å². The molecule has 0 radical (unpaired) electrons. The average molecular weight is 160 g/mol. The number of aliphatic hydroxyl groups excluding tert-OH is 1. The Morgan fingerprint density at radius 3 is 2.09 bits per heavy atom. The second kappa shape index (κ2) is 12.3. The van der Waals surface area contributed by atoms with Gasteiger partial charge in [-0.3, -0.25) is 0 Å². The standard InChI is InChI=1S/C6H14O2.C3H6/c1-2-3-4-5-6(7)8;1-3-2/h6-8H,2-5H2,1H3;3H,1H2,2H3. The number of allylic oxidation sites excluding steroid dienone is 1. The van der Waals surface area contributed by atoms with E-state index >= 15 is 0 Å². The summed E-state index contributed by atoms with van der Waals surface area (Å²) in [6.07, 6.45) is 4.33. The molecule has 0 saturated heterocycles. The first-order valence-electron chi connectivity index (χ1n) is 4.12. The molecule has 0 heterocycles. The van der Waals surface area contributed by atoms with Gasteiger partial charge in [0.05, 0.1) is 0 Å². The Bertz CT molecular complexity index is 70.0. The summed E-state index contributed by atoms with van der Waals surface area (Å²) in [4.78, 5) is 0. The summed E-state index contributed by atoms with van der Waals surface area (Å²) < 4.78 is 0. The van der Waals surface area contributed by atoms with Crippen LogP contribution in [0.15, 0.2) is 12.7 Å². The predicted octanol–water partition coefficient (Wildman–Crippen LogP) is 2.07. The van der Waals surface area contributed by atoms with Crippen molar-refractivity contribution in [3.05, 3.63) is 12.7 Å². The van der Waals surface area contributed by atoms with Crippen molar-refractivity contribution < 1.29 is 10.2 Å². The van der Waals surface area contributed by atoms with Crippen LogP contribution in [0, 0.1) is 0 Å². The van der Waals surface area contributed by atoms with Gasteiger partial charge in [0.15, 0.2) is 6.29 Å². The molecular formula is C9H20O2. The van der Waals surface area contributed by atoms with E-state index in [1.807, 2.05) is 6.92 Å². The minimum absolute atomic E-state index is 0.522. The van der Waals surface area contributed by atoms with Gasteiger partial charge in [0.2, 0.25) is 0 Å². The highest BCUT2D eigenvalue weighted by Crippen LogP contribution is 1.99. The Labute approximate surface area is 69.6 Å². The van der Waals surface area contributed by atoms with Crippen LogP contribution >= 0.6 is 0 Å². The molecule has 0 aliphatic carbocycles. The third-order valence-corrected chi connectivity index (χ3v) is 1.07. The number of rotatable bonds is 4. The summed E-state index contributed by atoms with van der Waals surface area (Å²) in [6.45, 7) is 7.34. The van der Waals surface area contributed by atoms with Gasteiger partial charge < -0.3 is 10.2 Å². The van der Waals surface area contributed by atoms with E-state index in [9.17, 15) is 0 Å². The van der Waals surface area contributed by atoms with Crippen molar-refractivity contribution in [3.63, 3.8) is 0 Å². The van der Waals surface area contributed by atoms with Crippen LogP contribution in [0.25, 0.3) is 0 Å². The molecule has 0 aliphatic rings. The van der Waals surface area contributed by atoms with E-state index in [0.717, 1.165) is 19.3 Å². The van der Waals surface area contributed by atoms with E-state index in [2.05, 4.69) is 13.5 Å². The first-order valence-corrected chi connectivity index (χ1v) is 4.12. The monoisotopic (exact) mass is 160 g/mol. The molecule has 0 saturated carbocycles. The summed E-state index contributed by atoms with van der Waals surface area (Å²) in [6, 6.07) is 0. The maximum absolute atomic E-state index is 8.33. The van der Waals surface area contributed by atoms with Crippen LogP contribution in [0.2, 0.25) is 0 Å². The predicted molar refractivity (Wildman–Crippen MR) is 48.2 cm³/mol. The Kier molecular flexibility index (Phi) is 14.9. The molecule has 0 rings (SSSR count). The lowest BCUT2D eigenvalue weighted by atomic mass is 10.2. The molecule has 0 atom stereocenters. The number of unbranched alkanes of at least 4 members (excludes halogenated alkanes) is 2. The van der Waals surface area contributed by atoms with Gasteiger partial charge in [0, 0.05) is 0 Å². The van der Waals surface area contributed by atoms with Crippen molar-refractivity contribution in [2.45, 2.75) is 45.8 Å². The van der Waals surface area contributed by atoms with Crippen molar-refractivity contribution in [2.75, 3.05) is 0 Å². The van der Waals surface area contributed by atoms with Crippen LogP contribution in [-0.2, 0) is 0 Å². The normalized spacial score (nSPS) is 8.82. The fourth-order valence-corrected chi connectivity index (χ4v) is 0.577. The van der Waals surface area contributed by atoms with Gasteiger partial charge in [-0.2, -0.15) is 0 Å². The summed E-state index contributed by atoms with van der Waals surface area (Å²) in [5.74, 6) is 0. The smallest absolute Gasteiger partial charge is 0.151 e. The van der Waals surface area contributed by atoms with Crippen LogP contribution in [0.3, 0.4) is 0 Å². The molecule has 0 aromatic rings. The largest absolute Gasteiger partial charge is 0.368 e. The Morgan fingerprint density at radius 1 is 1.36 bits per heavy atom. The minimum Gasteiger partial charge on any atom is -0.368 e. The van der Waals surface area contributed by atoms with Crippen molar-refractivity contribution >= 4 is 0 Å². The highest BCUT2D eigenvalue weighted by atomic mass is 16.5. The second-order valence-electron chi connectivity index (χ2n) is 2.38. The van der Waals surface area contributed by atoms with Crippen LogP contribution in [0.1, 0.15) is 39.5 Å². The van der Waals surface area contributed by atoms with Gasteiger partial charge in [-0.25, -0.2) is 0 Å². The topological polar surface area (TPSA) is 40.5 Å². The molecule has 0 amide bonds. The maximum Gasteiger partial charge on any atom is 0.151 e. The van der Waals surface area contributed by atoms with Crippen LogP contribution in [-0.4, -0.2) is 16.5 Å². The molecule has 0 aromatic carbocycles. The third-order valence-electron chi connectivity index (χ3n) is 1.07. The zero-order valence-corrected chi connectivity index (χ0v) is 7.58. The minimum atomic E-state index is -1.10. The first-order chi connectivity index (χ1) is 5.18. The van der Waals surface area contributed by atoms with E-state index in [1.54, 1.807) is 6.08 Å². The molecule has 2 N–H and O–H groups in total. The Hall–Kier alpha value is -0.340. The highest BCUT2D eigenvalue weighted by molar-refractivity contribution is 4.51. The van der Waals surface area contributed by atoms with Gasteiger partial charge >= 0.3 is 0 Å². The lowest BCUT2D eigenvalue weighted by molar-refractivity contribution is -0.0465. The van der Waals surface area contributed by atoms with E-state index in [1.165, 1.54) is 0 Å². The van der Waals surface area contributed by atoms with Crippen molar-refractivity contribution in [3.8, 4) is 0 Å². The summed E-state index contributed by atoms with van der Waals surface area (Å²) in [5, 5.41) is 16.7. The molecule has 0 unspecified atom stereocenters. The molecule has 0 aromatic heterocycles. The molecule has 68 valence electrons.